The van der Waals surface area contributed by atoms with Gasteiger partial charge in [0.15, 0.2) is 0 Å². The minimum atomic E-state index is -0.745. The first kappa shape index (κ1) is 24.2. The Morgan fingerprint density at radius 2 is 1.68 bits per heavy atom. The molecule has 10 nitrogen and oxygen atoms in total. The van der Waals surface area contributed by atoms with Gasteiger partial charge in [0.1, 0.15) is 11.5 Å². The molecule has 2 aromatic carbocycles. The molecule has 0 spiro atoms. The molecule has 1 N–H and O–H groups in total. The largest absolute Gasteiger partial charge is 0.494 e. The maximum atomic E-state index is 12.6. The van der Waals surface area contributed by atoms with Gasteiger partial charge in [-0.05, 0) is 55.8 Å². The van der Waals surface area contributed by atoms with E-state index in [2.05, 4.69) is 10.3 Å². The number of esters is 1. The lowest BCUT2D eigenvalue weighted by Crippen LogP contribution is -2.23. The van der Waals surface area contributed by atoms with E-state index >= 15 is 0 Å². The van der Waals surface area contributed by atoms with Gasteiger partial charge in [-0.15, -0.1) is 0 Å². The van der Waals surface area contributed by atoms with E-state index in [9.17, 15) is 19.7 Å². The molecule has 3 rings (SSSR count). The Labute approximate surface area is 195 Å². The van der Waals surface area contributed by atoms with Crippen LogP contribution in [0.15, 0.2) is 60.8 Å². The third-order valence-corrected chi connectivity index (χ3v) is 4.51. The smallest absolute Gasteiger partial charge is 0.338 e. The Morgan fingerprint density at radius 1 is 0.971 bits per heavy atom. The molecule has 0 saturated carbocycles. The number of benzene rings is 2. The molecule has 3 aromatic rings. The molecular formula is C24H23N3O7. The molecule has 10 heteroatoms. The average molecular weight is 465 g/mol. The van der Waals surface area contributed by atoms with Crippen LogP contribution >= 0.6 is 0 Å². The fourth-order valence-electron chi connectivity index (χ4n) is 2.97. The van der Waals surface area contributed by atoms with Crippen molar-refractivity contribution in [2.24, 2.45) is 0 Å². The van der Waals surface area contributed by atoms with E-state index in [0.29, 0.717) is 23.8 Å². The summed E-state index contributed by atoms with van der Waals surface area (Å²) in [6, 6.07) is 13.9. The van der Waals surface area contributed by atoms with Gasteiger partial charge < -0.3 is 19.5 Å². The zero-order valence-electron chi connectivity index (χ0n) is 18.6. The zero-order valence-corrected chi connectivity index (χ0v) is 18.6. The molecule has 0 aliphatic rings. The third kappa shape index (κ3) is 6.52. The van der Waals surface area contributed by atoms with Gasteiger partial charge in [0.2, 0.25) is 5.88 Å². The predicted octanol–water partition coefficient (Wildman–Crippen LogP) is 4.29. The number of hydrogen-bond donors (Lipinski definition) is 1. The number of nitro benzene ring substituents is 1. The Hall–Kier alpha value is -4.47. The van der Waals surface area contributed by atoms with Crippen LogP contribution in [-0.2, 0) is 11.3 Å². The van der Waals surface area contributed by atoms with Gasteiger partial charge in [0.05, 0.1) is 23.7 Å². The van der Waals surface area contributed by atoms with Crippen molar-refractivity contribution in [2.45, 2.75) is 20.4 Å². The van der Waals surface area contributed by atoms with Crippen LogP contribution in [0.3, 0.4) is 0 Å². The minimum Gasteiger partial charge on any atom is -0.494 e. The number of hydrogen-bond acceptors (Lipinski definition) is 8. The summed E-state index contributed by atoms with van der Waals surface area (Å²) >= 11 is 0. The lowest BCUT2D eigenvalue weighted by molar-refractivity contribution is -0.384. The summed E-state index contributed by atoms with van der Waals surface area (Å²) in [7, 11) is 0. The summed E-state index contributed by atoms with van der Waals surface area (Å²) < 4.78 is 16.0. The summed E-state index contributed by atoms with van der Waals surface area (Å²) in [4.78, 5) is 39.4. The fourth-order valence-corrected chi connectivity index (χ4v) is 2.97. The summed E-state index contributed by atoms with van der Waals surface area (Å²) in [5, 5.41) is 13.9. The molecule has 0 aliphatic carbocycles. The summed E-state index contributed by atoms with van der Waals surface area (Å²) in [5.74, 6) is 0.299. The molecule has 0 fully saturated rings. The number of non-ortho nitro benzene ring substituents is 1. The molecular weight excluding hydrogens is 442 g/mol. The highest BCUT2D eigenvalue weighted by Gasteiger charge is 2.18. The van der Waals surface area contributed by atoms with E-state index in [1.807, 2.05) is 6.92 Å². The van der Waals surface area contributed by atoms with Crippen LogP contribution in [0.4, 0.5) is 5.69 Å². The SMILES string of the molecule is CCOC(=O)c1cc(C(=O)NCc2ccnc(Oc3ccc(OCC)cc3)c2)cc([N+](=O)[O-])c1. The molecule has 0 unspecified atom stereocenters. The number of nitrogens with one attached hydrogen (secondary N) is 1. The van der Waals surface area contributed by atoms with Crippen LogP contribution in [0, 0.1) is 10.1 Å². The zero-order chi connectivity index (χ0) is 24.5. The Bertz CT molecular complexity index is 1180. The molecule has 0 atom stereocenters. The maximum Gasteiger partial charge on any atom is 0.338 e. The molecule has 176 valence electrons. The number of pyridine rings is 1. The van der Waals surface area contributed by atoms with Crippen LogP contribution in [0.5, 0.6) is 17.4 Å². The lowest BCUT2D eigenvalue weighted by Gasteiger charge is -2.09. The van der Waals surface area contributed by atoms with Crippen molar-refractivity contribution in [1.29, 1.82) is 0 Å². The van der Waals surface area contributed by atoms with Crippen molar-refractivity contribution >= 4 is 17.6 Å². The Kier molecular flexibility index (Phi) is 8.11. The third-order valence-electron chi connectivity index (χ3n) is 4.51. The van der Waals surface area contributed by atoms with E-state index in [1.165, 1.54) is 12.3 Å². The number of carbonyl (C=O) groups is 2. The van der Waals surface area contributed by atoms with E-state index in [1.54, 1.807) is 43.3 Å². The van der Waals surface area contributed by atoms with Gasteiger partial charge >= 0.3 is 5.97 Å². The van der Waals surface area contributed by atoms with Gasteiger partial charge in [-0.2, -0.15) is 0 Å². The quantitative estimate of drug-likeness (QED) is 0.267. The summed E-state index contributed by atoms with van der Waals surface area (Å²) in [6.07, 6.45) is 1.54. The van der Waals surface area contributed by atoms with Crippen molar-refractivity contribution in [3.05, 3.63) is 87.6 Å². The topological polar surface area (TPSA) is 130 Å². The van der Waals surface area contributed by atoms with Gasteiger partial charge in [-0.1, -0.05) is 0 Å². The van der Waals surface area contributed by atoms with Crippen LogP contribution in [0.1, 0.15) is 40.1 Å². The van der Waals surface area contributed by atoms with E-state index in [-0.39, 0.29) is 30.0 Å². The average Bonchev–Trinajstić information content (AvgIpc) is 2.84. The second-order valence-corrected chi connectivity index (χ2v) is 6.94. The number of ether oxygens (including phenoxy) is 3. The Balaban J connectivity index is 1.69. The number of nitrogens with zero attached hydrogens (tertiary/aromatic N) is 2. The summed E-state index contributed by atoms with van der Waals surface area (Å²) in [6.45, 7) is 4.29. The number of carbonyl (C=O) groups excluding carboxylic acids is 2. The molecule has 0 bridgehead atoms. The van der Waals surface area contributed by atoms with Crippen LogP contribution < -0.4 is 14.8 Å². The van der Waals surface area contributed by atoms with E-state index in [0.717, 1.165) is 17.9 Å². The highest BCUT2D eigenvalue weighted by molar-refractivity contribution is 5.99. The Morgan fingerprint density at radius 3 is 2.35 bits per heavy atom. The minimum absolute atomic E-state index is 0.0304. The van der Waals surface area contributed by atoms with Gasteiger partial charge in [-0.3, -0.25) is 14.9 Å². The first-order valence-corrected chi connectivity index (χ1v) is 10.5. The highest BCUT2D eigenvalue weighted by Crippen LogP contribution is 2.23. The molecule has 0 radical (unpaired) electrons. The van der Waals surface area contributed by atoms with Gasteiger partial charge in [0, 0.05) is 36.5 Å². The number of amides is 1. The van der Waals surface area contributed by atoms with E-state index < -0.39 is 16.8 Å². The fraction of sp³-hybridized carbons (Fsp3) is 0.208. The maximum absolute atomic E-state index is 12.6. The second-order valence-electron chi connectivity index (χ2n) is 6.94. The first-order chi connectivity index (χ1) is 16.4. The monoisotopic (exact) mass is 465 g/mol. The predicted molar refractivity (Wildman–Crippen MR) is 122 cm³/mol. The number of aromatic nitrogens is 1. The van der Waals surface area contributed by atoms with Gasteiger partial charge in [0.25, 0.3) is 11.6 Å². The van der Waals surface area contributed by atoms with Crippen molar-refractivity contribution in [1.82, 2.24) is 10.3 Å². The van der Waals surface area contributed by atoms with Crippen molar-refractivity contribution < 1.29 is 28.7 Å². The molecule has 0 saturated heterocycles. The number of rotatable bonds is 10. The molecule has 0 aliphatic heterocycles. The van der Waals surface area contributed by atoms with Crippen LogP contribution in [-0.4, -0.2) is 35.0 Å². The van der Waals surface area contributed by atoms with Crippen LogP contribution in [0.2, 0.25) is 0 Å². The van der Waals surface area contributed by atoms with Gasteiger partial charge in [-0.25, -0.2) is 9.78 Å². The molecule has 1 amide bonds. The van der Waals surface area contributed by atoms with Crippen molar-refractivity contribution in [3.63, 3.8) is 0 Å². The first-order valence-electron chi connectivity index (χ1n) is 10.5. The lowest BCUT2D eigenvalue weighted by atomic mass is 10.1. The molecule has 1 heterocycles. The molecule has 34 heavy (non-hydrogen) atoms. The van der Waals surface area contributed by atoms with Crippen LogP contribution in [0.25, 0.3) is 0 Å². The number of nitro groups is 1. The normalized spacial score (nSPS) is 10.3. The second kappa shape index (κ2) is 11.4. The van der Waals surface area contributed by atoms with Crippen molar-refractivity contribution in [2.75, 3.05) is 13.2 Å². The summed E-state index contributed by atoms with van der Waals surface area (Å²) in [5.41, 5.74) is 0.208. The standard InChI is InChI=1S/C24H23N3O7/c1-3-32-20-5-7-21(8-6-20)34-22-11-16(9-10-25-22)15-26-23(28)17-12-18(24(29)33-4-2)14-19(13-17)27(30)31/h5-14H,3-4,15H2,1-2H3,(H,26,28). The highest BCUT2D eigenvalue weighted by atomic mass is 16.6. The van der Waals surface area contributed by atoms with E-state index in [4.69, 9.17) is 14.2 Å². The molecule has 1 aromatic heterocycles. The van der Waals surface area contributed by atoms with Crippen molar-refractivity contribution in [3.8, 4) is 17.4 Å².